The second-order valence-electron chi connectivity index (χ2n) is 12.3. The average Bonchev–Trinajstić information content (AvgIpc) is 3.74. The zero-order valence-electron chi connectivity index (χ0n) is 25.3. The summed E-state index contributed by atoms with van der Waals surface area (Å²) in [5, 5.41) is 8.11. The summed E-state index contributed by atoms with van der Waals surface area (Å²) in [6.45, 7) is 10.8. The Bertz CT molecular complexity index is 1290. The summed E-state index contributed by atoms with van der Waals surface area (Å²) in [6.07, 6.45) is 5.58. The van der Waals surface area contributed by atoms with Crippen molar-refractivity contribution in [2.45, 2.75) is 58.0 Å². The quantitative estimate of drug-likeness (QED) is 0.394. The third-order valence-electron chi connectivity index (χ3n) is 9.14. The molecule has 0 radical (unpaired) electrons. The smallest absolute Gasteiger partial charge is 0.282 e. The molecule has 3 heterocycles. The van der Waals surface area contributed by atoms with E-state index < -0.39 is 5.82 Å². The van der Waals surface area contributed by atoms with Gasteiger partial charge in [-0.25, -0.2) is 9.37 Å². The van der Waals surface area contributed by atoms with Gasteiger partial charge in [0, 0.05) is 51.8 Å². The van der Waals surface area contributed by atoms with Crippen LogP contribution in [0, 0.1) is 11.2 Å². The van der Waals surface area contributed by atoms with E-state index >= 15 is 0 Å². The number of likely N-dealkylation sites (tertiary alicyclic amines) is 1. The molecule has 1 spiro atoms. The van der Waals surface area contributed by atoms with Crippen molar-refractivity contribution in [3.63, 3.8) is 0 Å². The topological polar surface area (TPSA) is 104 Å². The molecule has 228 valence electrons. The Morgan fingerprint density at radius 2 is 1.86 bits per heavy atom. The van der Waals surface area contributed by atoms with Gasteiger partial charge >= 0.3 is 0 Å². The Morgan fingerprint density at radius 3 is 2.48 bits per heavy atom. The Balaban J connectivity index is 1.22. The predicted octanol–water partition coefficient (Wildman–Crippen LogP) is 3.21. The number of aromatic nitrogens is 3. The fourth-order valence-electron chi connectivity index (χ4n) is 6.36. The van der Waals surface area contributed by atoms with E-state index in [1.807, 2.05) is 32.7 Å². The number of ether oxygens (including phenoxy) is 2. The first-order valence-corrected chi connectivity index (χ1v) is 14.8. The van der Waals surface area contributed by atoms with Crippen LogP contribution >= 0.6 is 0 Å². The summed E-state index contributed by atoms with van der Waals surface area (Å²) in [5.74, 6) is 0.187. The van der Waals surface area contributed by atoms with Crippen LogP contribution < -0.4 is 9.64 Å². The maximum Gasteiger partial charge on any atom is 0.282 e. The molecule has 1 saturated carbocycles. The van der Waals surface area contributed by atoms with Gasteiger partial charge in [0.1, 0.15) is 24.5 Å². The van der Waals surface area contributed by atoms with Crippen molar-refractivity contribution in [1.82, 2.24) is 29.9 Å². The lowest BCUT2D eigenvalue weighted by Gasteiger charge is -2.54. The van der Waals surface area contributed by atoms with Gasteiger partial charge < -0.3 is 29.1 Å². The number of piperidine rings is 1. The highest BCUT2D eigenvalue weighted by Crippen LogP contribution is 2.47. The number of methoxy groups -OCH3 is 1. The number of amides is 2. The van der Waals surface area contributed by atoms with E-state index in [4.69, 9.17) is 9.47 Å². The molecule has 3 fully saturated rings. The maximum absolute atomic E-state index is 14.2. The minimum atomic E-state index is -0.514. The molecule has 11 nitrogen and oxygen atoms in total. The summed E-state index contributed by atoms with van der Waals surface area (Å²) in [6, 6.07) is 3.88. The fourth-order valence-corrected chi connectivity index (χ4v) is 6.36. The molecule has 0 unspecified atom stereocenters. The fraction of sp³-hybridized carbons (Fsp3) is 0.633. The van der Waals surface area contributed by atoms with Gasteiger partial charge in [-0.1, -0.05) is 0 Å². The van der Waals surface area contributed by atoms with Crippen LogP contribution in [-0.4, -0.2) is 113 Å². The maximum atomic E-state index is 14.2. The van der Waals surface area contributed by atoms with Gasteiger partial charge in [0.05, 0.1) is 11.1 Å². The number of carbonyl (C=O) groups excluding carboxylic acids is 2. The van der Waals surface area contributed by atoms with Crippen LogP contribution in [0.3, 0.4) is 0 Å². The summed E-state index contributed by atoms with van der Waals surface area (Å²) in [5.41, 5.74) is 0.259. The Labute approximate surface area is 247 Å². The summed E-state index contributed by atoms with van der Waals surface area (Å²) in [4.78, 5) is 38.3. The Morgan fingerprint density at radius 1 is 1.14 bits per heavy atom. The van der Waals surface area contributed by atoms with Crippen molar-refractivity contribution in [3.05, 3.63) is 35.9 Å². The first-order chi connectivity index (χ1) is 20.1. The molecule has 12 heteroatoms. The van der Waals surface area contributed by atoms with E-state index in [0.29, 0.717) is 12.4 Å². The number of anilines is 1. The molecule has 1 aliphatic carbocycles. The predicted molar refractivity (Wildman–Crippen MR) is 155 cm³/mol. The van der Waals surface area contributed by atoms with Crippen molar-refractivity contribution < 1.29 is 23.5 Å². The van der Waals surface area contributed by atoms with Crippen LogP contribution in [0.5, 0.6) is 11.6 Å². The van der Waals surface area contributed by atoms with Gasteiger partial charge in [-0.05, 0) is 77.7 Å². The third kappa shape index (κ3) is 6.05. The van der Waals surface area contributed by atoms with Crippen LogP contribution in [0.4, 0.5) is 10.2 Å². The highest BCUT2D eigenvalue weighted by molar-refractivity contribution is 5.97. The van der Waals surface area contributed by atoms with Crippen LogP contribution in [0.1, 0.15) is 56.8 Å². The molecule has 0 bridgehead atoms. The molecule has 0 N–H and O–H groups in total. The van der Waals surface area contributed by atoms with Gasteiger partial charge in [-0.2, -0.15) is 0 Å². The summed E-state index contributed by atoms with van der Waals surface area (Å²) in [7, 11) is 3.45. The first kappa shape index (κ1) is 30.1. The number of likely N-dealkylation sites (N-methyl/N-ethyl adjacent to an activating group) is 1. The molecule has 2 aromatic rings. The highest BCUT2D eigenvalue weighted by atomic mass is 19.1. The van der Waals surface area contributed by atoms with Gasteiger partial charge in [0.15, 0.2) is 5.82 Å². The molecule has 2 amide bonds. The van der Waals surface area contributed by atoms with E-state index in [1.54, 1.807) is 12.0 Å². The number of hydrogen-bond acceptors (Lipinski definition) is 9. The number of benzene rings is 1. The number of rotatable bonds is 11. The lowest BCUT2D eigenvalue weighted by Crippen LogP contribution is -2.61. The molecule has 0 atom stereocenters. The molecule has 2 saturated heterocycles. The second-order valence-corrected chi connectivity index (χ2v) is 12.3. The van der Waals surface area contributed by atoms with E-state index in [0.717, 1.165) is 58.4 Å². The number of nitrogens with zero attached hydrogens (tertiary/aromatic N) is 7. The van der Waals surface area contributed by atoms with Gasteiger partial charge in [-0.3, -0.25) is 9.59 Å². The largest absolute Gasteiger partial charge is 0.434 e. The Kier molecular flexibility index (Phi) is 8.66. The van der Waals surface area contributed by atoms with Crippen molar-refractivity contribution in [2.75, 3.05) is 64.9 Å². The molecule has 42 heavy (non-hydrogen) atoms. The van der Waals surface area contributed by atoms with Crippen molar-refractivity contribution in [3.8, 4) is 11.6 Å². The molecule has 1 aromatic heterocycles. The zero-order chi connectivity index (χ0) is 30.1. The lowest BCUT2D eigenvalue weighted by molar-refractivity contribution is -0.137. The van der Waals surface area contributed by atoms with Gasteiger partial charge in [0.25, 0.3) is 11.8 Å². The summed E-state index contributed by atoms with van der Waals surface area (Å²) >= 11 is 0. The Hall–Kier alpha value is -3.38. The molecule has 2 aliphatic heterocycles. The standard InChI is InChI=1S/C30H42FN7O4/c1-6-38(21(2)3)28(40)23-15-22(31)7-8-24(23)42-27-26(32-20-33-34-27)37-17-29(18-37)11-13-36(14-12-29)19-30(9-10-30)35(4)25(39)16-41-5/h7-8,15,20-21H,6,9-14,16-19H2,1-5H3. The third-order valence-corrected chi connectivity index (χ3v) is 9.14. The van der Waals surface area contributed by atoms with Gasteiger partial charge in [-0.15, -0.1) is 10.2 Å². The van der Waals surface area contributed by atoms with Crippen molar-refractivity contribution in [1.29, 1.82) is 0 Å². The van der Waals surface area contributed by atoms with E-state index in [1.165, 1.54) is 24.5 Å². The zero-order valence-corrected chi connectivity index (χ0v) is 25.3. The van der Waals surface area contributed by atoms with Crippen LogP contribution in [0.2, 0.25) is 0 Å². The first-order valence-electron chi connectivity index (χ1n) is 14.8. The molecule has 5 rings (SSSR count). The second kappa shape index (κ2) is 12.1. The van der Waals surface area contributed by atoms with E-state index in [-0.39, 0.29) is 52.6 Å². The van der Waals surface area contributed by atoms with Crippen LogP contribution in [-0.2, 0) is 9.53 Å². The monoisotopic (exact) mass is 583 g/mol. The number of carbonyl (C=O) groups is 2. The van der Waals surface area contributed by atoms with Crippen molar-refractivity contribution in [2.24, 2.45) is 5.41 Å². The van der Waals surface area contributed by atoms with Crippen LogP contribution in [0.25, 0.3) is 0 Å². The molecule has 3 aliphatic rings. The normalized spacial score (nSPS) is 19.0. The van der Waals surface area contributed by atoms with Crippen molar-refractivity contribution >= 4 is 17.6 Å². The SMILES string of the molecule is CCN(C(=O)c1cc(F)ccc1Oc1nncnc1N1CC2(CCN(CC3(N(C)C(=O)COC)CC3)CC2)C1)C(C)C. The van der Waals surface area contributed by atoms with Crippen LogP contribution in [0.15, 0.2) is 24.5 Å². The molecule has 1 aromatic carbocycles. The average molecular weight is 584 g/mol. The molecular formula is C30H42FN7O4. The van der Waals surface area contributed by atoms with Gasteiger partial charge in [0.2, 0.25) is 5.91 Å². The van der Waals surface area contributed by atoms with E-state index in [2.05, 4.69) is 25.0 Å². The number of halogens is 1. The minimum absolute atomic E-state index is 0.0364. The lowest BCUT2D eigenvalue weighted by atomic mass is 9.72. The highest BCUT2D eigenvalue weighted by Gasteiger charge is 2.51. The summed E-state index contributed by atoms with van der Waals surface area (Å²) < 4.78 is 25.4. The minimum Gasteiger partial charge on any atom is -0.434 e. The molecular weight excluding hydrogens is 541 g/mol. The number of hydrogen-bond donors (Lipinski definition) is 0. The van der Waals surface area contributed by atoms with E-state index in [9.17, 15) is 14.0 Å².